The number of nitrogens with one attached hydrogen (secondary N) is 1. The van der Waals surface area contributed by atoms with Gasteiger partial charge in [0.15, 0.2) is 11.5 Å². The van der Waals surface area contributed by atoms with E-state index in [-0.39, 0.29) is 18.1 Å². The van der Waals surface area contributed by atoms with Crippen LogP contribution in [0, 0.1) is 19.3 Å². The van der Waals surface area contributed by atoms with E-state index in [4.69, 9.17) is 15.9 Å². The van der Waals surface area contributed by atoms with Crippen molar-refractivity contribution in [2.24, 2.45) is 0 Å². The first-order valence-corrected chi connectivity index (χ1v) is 10.1. The fraction of sp³-hybridized carbons (Fsp3) is 0.174. The number of thioether (sulfide) groups is 1. The number of amides is 3. The third-order valence-corrected chi connectivity index (χ3v) is 5.21. The standard InChI is InChI=1S/C23H20N2O5S/c1-4-11-30-18-10-7-16(12-19(18)29-3)13-20-22(27)25(23(28)31-20)14-21(26)24-17-8-5-15(2)6-9-17/h1,5-10,12-13H,11,14H2,2-3H3,(H,24,26)/b20-13-. The van der Waals surface area contributed by atoms with Gasteiger partial charge in [-0.05, 0) is 54.6 Å². The molecule has 1 saturated heterocycles. The van der Waals surface area contributed by atoms with E-state index in [1.807, 2.05) is 19.1 Å². The number of hydrogen-bond donors (Lipinski definition) is 1. The van der Waals surface area contributed by atoms with Crippen molar-refractivity contribution < 1.29 is 23.9 Å². The van der Waals surface area contributed by atoms with E-state index in [1.165, 1.54) is 7.11 Å². The number of rotatable bonds is 7. The number of aryl methyl sites for hydroxylation is 1. The minimum absolute atomic E-state index is 0.0965. The molecule has 31 heavy (non-hydrogen) atoms. The van der Waals surface area contributed by atoms with Crippen molar-refractivity contribution in [2.75, 3.05) is 25.6 Å². The number of hydrogen-bond acceptors (Lipinski definition) is 6. The predicted molar refractivity (Wildman–Crippen MR) is 120 cm³/mol. The van der Waals surface area contributed by atoms with E-state index in [9.17, 15) is 14.4 Å². The second-order valence-electron chi connectivity index (χ2n) is 6.59. The molecule has 158 valence electrons. The van der Waals surface area contributed by atoms with Crippen LogP contribution in [0.3, 0.4) is 0 Å². The minimum Gasteiger partial charge on any atom is -0.493 e. The van der Waals surface area contributed by atoms with Gasteiger partial charge in [-0.25, -0.2) is 0 Å². The van der Waals surface area contributed by atoms with E-state index in [1.54, 1.807) is 36.4 Å². The normalized spacial score (nSPS) is 14.5. The molecule has 0 saturated carbocycles. The highest BCUT2D eigenvalue weighted by atomic mass is 32.2. The lowest BCUT2D eigenvalue weighted by molar-refractivity contribution is -0.127. The zero-order valence-corrected chi connectivity index (χ0v) is 17.8. The molecule has 0 aliphatic carbocycles. The number of anilines is 1. The van der Waals surface area contributed by atoms with E-state index >= 15 is 0 Å². The van der Waals surface area contributed by atoms with Crippen LogP contribution in [-0.2, 0) is 9.59 Å². The summed E-state index contributed by atoms with van der Waals surface area (Å²) in [6.45, 7) is 1.67. The number of terminal acetylenes is 1. The van der Waals surface area contributed by atoms with E-state index in [2.05, 4.69) is 11.2 Å². The summed E-state index contributed by atoms with van der Waals surface area (Å²) in [6, 6.07) is 12.3. The van der Waals surface area contributed by atoms with Crippen LogP contribution in [0.1, 0.15) is 11.1 Å². The average Bonchev–Trinajstić information content (AvgIpc) is 3.01. The van der Waals surface area contributed by atoms with Crippen LogP contribution in [0.4, 0.5) is 10.5 Å². The van der Waals surface area contributed by atoms with Gasteiger partial charge in [0.25, 0.3) is 11.1 Å². The van der Waals surface area contributed by atoms with Crippen molar-refractivity contribution in [1.29, 1.82) is 0 Å². The van der Waals surface area contributed by atoms with Crippen molar-refractivity contribution in [1.82, 2.24) is 4.90 Å². The maximum Gasteiger partial charge on any atom is 0.294 e. The van der Waals surface area contributed by atoms with Gasteiger partial charge in [-0.1, -0.05) is 29.7 Å². The fourth-order valence-corrected chi connectivity index (χ4v) is 3.62. The summed E-state index contributed by atoms with van der Waals surface area (Å²) in [5, 5.41) is 2.18. The van der Waals surface area contributed by atoms with Gasteiger partial charge in [0.2, 0.25) is 5.91 Å². The third kappa shape index (κ3) is 5.47. The predicted octanol–water partition coefficient (Wildman–Crippen LogP) is 3.69. The first kappa shape index (κ1) is 22.0. The van der Waals surface area contributed by atoms with Crippen LogP contribution in [0.5, 0.6) is 11.5 Å². The molecule has 0 bridgehead atoms. The Morgan fingerprint density at radius 2 is 1.94 bits per heavy atom. The summed E-state index contributed by atoms with van der Waals surface area (Å²) in [4.78, 5) is 38.4. The summed E-state index contributed by atoms with van der Waals surface area (Å²) in [5.41, 5.74) is 2.29. The molecule has 1 fully saturated rings. The zero-order valence-electron chi connectivity index (χ0n) is 17.0. The number of carbonyl (C=O) groups excluding carboxylic acids is 3. The Morgan fingerprint density at radius 1 is 1.19 bits per heavy atom. The molecule has 1 aliphatic rings. The van der Waals surface area contributed by atoms with E-state index in [0.29, 0.717) is 22.7 Å². The molecule has 0 unspecified atom stereocenters. The SMILES string of the molecule is C#CCOc1ccc(/C=C2\SC(=O)N(CC(=O)Nc3ccc(C)cc3)C2=O)cc1OC. The highest BCUT2D eigenvalue weighted by molar-refractivity contribution is 8.18. The van der Waals surface area contributed by atoms with Gasteiger partial charge in [0.1, 0.15) is 13.2 Å². The first-order valence-electron chi connectivity index (χ1n) is 9.27. The molecular formula is C23H20N2O5S. The number of methoxy groups -OCH3 is 1. The zero-order chi connectivity index (χ0) is 22.4. The average molecular weight is 436 g/mol. The summed E-state index contributed by atoms with van der Waals surface area (Å²) in [6.07, 6.45) is 6.77. The van der Waals surface area contributed by atoms with Gasteiger partial charge < -0.3 is 14.8 Å². The molecule has 1 aliphatic heterocycles. The Bertz CT molecular complexity index is 1090. The van der Waals surface area contributed by atoms with Crippen molar-refractivity contribution in [3.63, 3.8) is 0 Å². The Hall–Kier alpha value is -3.70. The Labute approximate surface area is 184 Å². The highest BCUT2D eigenvalue weighted by Crippen LogP contribution is 2.34. The third-order valence-electron chi connectivity index (χ3n) is 4.31. The Balaban J connectivity index is 1.70. The molecule has 2 aromatic carbocycles. The summed E-state index contributed by atoms with van der Waals surface area (Å²) >= 11 is 0.778. The molecule has 0 spiro atoms. The number of carbonyl (C=O) groups is 3. The van der Waals surface area contributed by atoms with Gasteiger partial charge >= 0.3 is 0 Å². The lowest BCUT2D eigenvalue weighted by Gasteiger charge is -2.12. The van der Waals surface area contributed by atoms with E-state index < -0.39 is 17.1 Å². The molecule has 3 rings (SSSR count). The van der Waals surface area contributed by atoms with Gasteiger partial charge in [0, 0.05) is 5.69 Å². The largest absolute Gasteiger partial charge is 0.493 e. The topological polar surface area (TPSA) is 84.9 Å². The number of nitrogens with zero attached hydrogens (tertiary/aromatic N) is 1. The lowest BCUT2D eigenvalue weighted by atomic mass is 10.2. The highest BCUT2D eigenvalue weighted by Gasteiger charge is 2.36. The van der Waals surface area contributed by atoms with Crippen LogP contribution >= 0.6 is 11.8 Å². The molecule has 0 aromatic heterocycles. The summed E-state index contributed by atoms with van der Waals surface area (Å²) in [5.74, 6) is 2.31. The molecular weight excluding hydrogens is 416 g/mol. The second-order valence-corrected chi connectivity index (χ2v) is 7.58. The van der Waals surface area contributed by atoms with Crippen LogP contribution in [0.15, 0.2) is 47.4 Å². The Kier molecular flexibility index (Phi) is 7.00. The Morgan fingerprint density at radius 3 is 2.61 bits per heavy atom. The molecule has 3 amide bonds. The van der Waals surface area contributed by atoms with Crippen LogP contribution in [0.2, 0.25) is 0 Å². The van der Waals surface area contributed by atoms with Gasteiger partial charge in [0.05, 0.1) is 12.0 Å². The lowest BCUT2D eigenvalue weighted by Crippen LogP contribution is -2.36. The van der Waals surface area contributed by atoms with Crippen LogP contribution < -0.4 is 14.8 Å². The molecule has 1 N–H and O–H groups in total. The van der Waals surface area contributed by atoms with Crippen LogP contribution in [-0.4, -0.2) is 42.2 Å². The van der Waals surface area contributed by atoms with Crippen molar-refractivity contribution in [2.45, 2.75) is 6.92 Å². The second kappa shape index (κ2) is 9.87. The van der Waals surface area contributed by atoms with Gasteiger partial charge in [-0.2, -0.15) is 0 Å². The first-order chi connectivity index (χ1) is 14.9. The maximum absolute atomic E-state index is 12.7. The monoisotopic (exact) mass is 436 g/mol. The van der Waals surface area contributed by atoms with Gasteiger partial charge in [-0.15, -0.1) is 6.42 Å². The fourth-order valence-electron chi connectivity index (χ4n) is 2.78. The number of imide groups is 1. The number of benzene rings is 2. The molecule has 7 nitrogen and oxygen atoms in total. The quantitative estimate of drug-likeness (QED) is 0.526. The smallest absolute Gasteiger partial charge is 0.294 e. The minimum atomic E-state index is -0.527. The number of ether oxygens (including phenoxy) is 2. The molecule has 0 radical (unpaired) electrons. The van der Waals surface area contributed by atoms with Crippen molar-refractivity contribution >= 4 is 40.6 Å². The van der Waals surface area contributed by atoms with E-state index in [0.717, 1.165) is 22.2 Å². The molecule has 1 heterocycles. The van der Waals surface area contributed by atoms with Crippen molar-refractivity contribution in [3.8, 4) is 23.8 Å². The summed E-state index contributed by atoms with van der Waals surface area (Å²) in [7, 11) is 1.49. The van der Waals surface area contributed by atoms with Crippen LogP contribution in [0.25, 0.3) is 6.08 Å². The molecule has 8 heteroatoms. The van der Waals surface area contributed by atoms with Crippen molar-refractivity contribution in [3.05, 3.63) is 58.5 Å². The van der Waals surface area contributed by atoms with Gasteiger partial charge in [-0.3, -0.25) is 19.3 Å². The summed E-state index contributed by atoms with van der Waals surface area (Å²) < 4.78 is 10.7. The maximum atomic E-state index is 12.7. The molecule has 2 aromatic rings. The molecule has 0 atom stereocenters.